The predicted molar refractivity (Wildman–Crippen MR) is 153 cm³/mol. The maximum absolute atomic E-state index is 15.1. The fraction of sp³-hybridized carbons (Fsp3) is 0.548. The highest BCUT2D eigenvalue weighted by Crippen LogP contribution is 2.41. The van der Waals surface area contributed by atoms with Gasteiger partial charge in [-0.3, -0.25) is 4.90 Å². The molecule has 4 fully saturated rings. The van der Waals surface area contributed by atoms with Crippen molar-refractivity contribution in [1.82, 2.24) is 20.2 Å². The first kappa shape index (κ1) is 26.3. The van der Waals surface area contributed by atoms with Gasteiger partial charge in [0.25, 0.3) is 0 Å². The molecule has 0 amide bonds. The Morgan fingerprint density at radius 1 is 1.05 bits per heavy atom. The molecule has 2 bridgehead atoms. The van der Waals surface area contributed by atoms with E-state index < -0.39 is 17.8 Å². The first-order valence-corrected chi connectivity index (χ1v) is 15.1. The maximum atomic E-state index is 15.1. The van der Waals surface area contributed by atoms with Crippen molar-refractivity contribution < 1.29 is 23.0 Å². The molecular formula is C31H35F3N6O2. The van der Waals surface area contributed by atoms with Gasteiger partial charge >= 0.3 is 6.01 Å². The number of alkyl halides is 1. The molecule has 6 heterocycles. The third-order valence-corrected chi connectivity index (χ3v) is 10.1. The minimum absolute atomic E-state index is 0.0129. The Balaban J connectivity index is 1.16. The average molecular weight is 581 g/mol. The highest BCUT2D eigenvalue weighted by Gasteiger charge is 2.49. The lowest BCUT2D eigenvalue weighted by atomic mass is 9.95. The summed E-state index contributed by atoms with van der Waals surface area (Å²) in [5, 5.41) is 14.7. The third-order valence-electron chi connectivity index (χ3n) is 10.1. The number of anilines is 2. The number of phenolic OH excluding ortho intramolecular Hbond substituents is 1. The number of benzene rings is 2. The molecule has 2 aromatic carbocycles. The van der Waals surface area contributed by atoms with Crippen LogP contribution in [0.4, 0.5) is 24.7 Å². The highest BCUT2D eigenvalue weighted by molar-refractivity contribution is 5.96. The first-order chi connectivity index (χ1) is 20.3. The van der Waals surface area contributed by atoms with Crippen LogP contribution in [0.5, 0.6) is 11.8 Å². The number of halogens is 3. The Kier molecular flexibility index (Phi) is 6.19. The zero-order valence-electron chi connectivity index (χ0n) is 23.5. The zero-order chi connectivity index (χ0) is 28.6. The summed E-state index contributed by atoms with van der Waals surface area (Å²) in [6.45, 7) is 4.24. The molecule has 0 radical (unpaired) electrons. The molecule has 5 aliphatic heterocycles. The molecule has 8 rings (SSSR count). The van der Waals surface area contributed by atoms with Crippen LogP contribution in [0.1, 0.15) is 43.4 Å². The second-order valence-corrected chi connectivity index (χ2v) is 12.8. The number of piperazine rings is 1. The first-order valence-electron chi connectivity index (χ1n) is 15.1. The van der Waals surface area contributed by atoms with Gasteiger partial charge in [0.15, 0.2) is 11.6 Å². The van der Waals surface area contributed by atoms with Crippen LogP contribution in [0.15, 0.2) is 24.3 Å². The summed E-state index contributed by atoms with van der Waals surface area (Å²) in [5.41, 5.74) is 1.93. The quantitative estimate of drug-likeness (QED) is 0.468. The number of nitrogens with one attached hydrogen (secondary N) is 1. The predicted octanol–water partition coefficient (Wildman–Crippen LogP) is 4.07. The number of hydrogen-bond donors (Lipinski definition) is 2. The molecule has 0 aliphatic carbocycles. The molecule has 2 N–H and O–H groups in total. The Morgan fingerprint density at radius 2 is 1.88 bits per heavy atom. The van der Waals surface area contributed by atoms with Gasteiger partial charge in [0, 0.05) is 61.7 Å². The van der Waals surface area contributed by atoms with Crippen molar-refractivity contribution in [2.75, 3.05) is 49.1 Å². The zero-order valence-corrected chi connectivity index (χ0v) is 23.5. The summed E-state index contributed by atoms with van der Waals surface area (Å²) in [6.07, 6.45) is 4.43. The molecule has 8 nitrogen and oxygen atoms in total. The van der Waals surface area contributed by atoms with E-state index in [0.29, 0.717) is 62.2 Å². The molecule has 1 aromatic heterocycles. The normalized spacial score (nSPS) is 28.9. The van der Waals surface area contributed by atoms with E-state index in [-0.39, 0.29) is 22.7 Å². The lowest BCUT2D eigenvalue weighted by Gasteiger charge is -2.38. The molecule has 0 spiro atoms. The van der Waals surface area contributed by atoms with Crippen molar-refractivity contribution >= 4 is 22.3 Å². The molecule has 4 saturated heterocycles. The van der Waals surface area contributed by atoms with Crippen molar-refractivity contribution in [3.63, 3.8) is 0 Å². The smallest absolute Gasteiger partial charge is 0.318 e. The molecule has 4 atom stereocenters. The summed E-state index contributed by atoms with van der Waals surface area (Å²) < 4.78 is 50.2. The number of nitrogens with zero attached hydrogens (tertiary/aromatic N) is 5. The molecule has 5 aliphatic rings. The van der Waals surface area contributed by atoms with Crippen LogP contribution in [0.25, 0.3) is 10.8 Å². The van der Waals surface area contributed by atoms with Crippen LogP contribution < -0.4 is 19.9 Å². The summed E-state index contributed by atoms with van der Waals surface area (Å²) in [4.78, 5) is 16.3. The van der Waals surface area contributed by atoms with Gasteiger partial charge in [0.2, 0.25) is 0 Å². The fourth-order valence-electron chi connectivity index (χ4n) is 8.15. The van der Waals surface area contributed by atoms with Gasteiger partial charge in [-0.25, -0.2) is 13.2 Å². The Hall–Kier alpha value is -3.31. The summed E-state index contributed by atoms with van der Waals surface area (Å²) in [6, 6.07) is 6.61. The van der Waals surface area contributed by atoms with E-state index in [0.717, 1.165) is 68.5 Å². The number of hydrogen-bond acceptors (Lipinski definition) is 8. The average Bonchev–Trinajstić information content (AvgIpc) is 3.63. The Morgan fingerprint density at radius 3 is 2.71 bits per heavy atom. The molecular weight excluding hydrogens is 545 g/mol. The van der Waals surface area contributed by atoms with Gasteiger partial charge < -0.3 is 25.0 Å². The minimum Gasteiger partial charge on any atom is -0.508 e. The van der Waals surface area contributed by atoms with Gasteiger partial charge in [0.1, 0.15) is 24.3 Å². The monoisotopic (exact) mass is 580 g/mol. The Labute approximate surface area is 242 Å². The van der Waals surface area contributed by atoms with E-state index in [1.807, 2.05) is 4.90 Å². The lowest BCUT2D eigenvalue weighted by Crippen LogP contribution is -2.52. The maximum Gasteiger partial charge on any atom is 0.318 e. The molecule has 0 unspecified atom stereocenters. The largest absolute Gasteiger partial charge is 0.508 e. The second-order valence-electron chi connectivity index (χ2n) is 12.8. The van der Waals surface area contributed by atoms with Crippen LogP contribution in [0.2, 0.25) is 0 Å². The Bertz CT molecular complexity index is 1550. The van der Waals surface area contributed by atoms with E-state index in [9.17, 15) is 13.9 Å². The van der Waals surface area contributed by atoms with Crippen LogP contribution in [-0.4, -0.2) is 83.1 Å². The van der Waals surface area contributed by atoms with Crippen molar-refractivity contribution in [2.24, 2.45) is 0 Å². The molecule has 42 heavy (non-hydrogen) atoms. The third kappa shape index (κ3) is 4.35. The summed E-state index contributed by atoms with van der Waals surface area (Å²) in [7, 11) is 0. The summed E-state index contributed by atoms with van der Waals surface area (Å²) >= 11 is 0. The number of aromatic hydroxyl groups is 1. The van der Waals surface area contributed by atoms with E-state index in [1.54, 1.807) is 0 Å². The van der Waals surface area contributed by atoms with Gasteiger partial charge in [-0.2, -0.15) is 9.97 Å². The van der Waals surface area contributed by atoms with Gasteiger partial charge in [0.05, 0.1) is 23.5 Å². The number of rotatable bonds is 5. The van der Waals surface area contributed by atoms with Gasteiger partial charge in [-0.05, 0) is 56.2 Å². The van der Waals surface area contributed by atoms with Crippen LogP contribution >= 0.6 is 0 Å². The number of aromatic nitrogens is 2. The molecule has 3 aromatic rings. The molecule has 11 heteroatoms. The van der Waals surface area contributed by atoms with Gasteiger partial charge in [-0.1, -0.05) is 6.07 Å². The van der Waals surface area contributed by atoms with Crippen molar-refractivity contribution in [2.45, 2.75) is 68.9 Å². The van der Waals surface area contributed by atoms with Crippen molar-refractivity contribution in [3.05, 3.63) is 47.2 Å². The number of ether oxygens (including phenoxy) is 1. The SMILES string of the molecule is Oc1cc(N2CCc3c(nc(OC[C@@]45CCCN4C[C@H](F)C5)nc3N3C[C@H]4CC[C@@H](C3)N4)C2)c2c(F)c(F)ccc2c1. The van der Waals surface area contributed by atoms with Crippen molar-refractivity contribution in [1.29, 1.82) is 0 Å². The van der Waals surface area contributed by atoms with E-state index >= 15 is 4.39 Å². The van der Waals surface area contributed by atoms with Crippen LogP contribution in [-0.2, 0) is 13.0 Å². The number of fused-ring (bicyclic) bond motifs is 5. The minimum atomic E-state index is -0.930. The van der Waals surface area contributed by atoms with Crippen LogP contribution in [0, 0.1) is 11.6 Å². The topological polar surface area (TPSA) is 77.0 Å². The fourth-order valence-corrected chi connectivity index (χ4v) is 8.15. The molecule has 0 saturated carbocycles. The highest BCUT2D eigenvalue weighted by atomic mass is 19.2. The second kappa shape index (κ2) is 9.87. The van der Waals surface area contributed by atoms with Crippen LogP contribution in [0.3, 0.4) is 0 Å². The van der Waals surface area contributed by atoms with Crippen molar-refractivity contribution in [3.8, 4) is 11.8 Å². The standard InChI is InChI=1S/C31H35F3N6O2/c32-19-12-31(7-1-8-40(31)13-19)17-42-30-36-25-16-38(26-11-22(41)10-18-2-5-24(33)28(34)27(18)26)9-6-23(25)29(37-30)39-14-20-3-4-21(15-39)35-20/h2,5,10-11,19-21,35,41H,1,3-4,6-9,12-17H2/t19-,20-,21+,31+/m1/s1. The summed E-state index contributed by atoms with van der Waals surface area (Å²) in [5.74, 6) is -0.994. The van der Waals surface area contributed by atoms with E-state index in [1.165, 1.54) is 18.2 Å². The number of phenols is 1. The molecule has 222 valence electrons. The lowest BCUT2D eigenvalue weighted by molar-refractivity contribution is 0.107. The van der Waals surface area contributed by atoms with E-state index in [2.05, 4.69) is 15.1 Å². The van der Waals surface area contributed by atoms with E-state index in [4.69, 9.17) is 14.7 Å². The van der Waals surface area contributed by atoms with Gasteiger partial charge in [-0.15, -0.1) is 0 Å².